The lowest BCUT2D eigenvalue weighted by Crippen LogP contribution is -1.96. The molecule has 90 valence electrons. The molecule has 0 aliphatic rings. The zero-order valence-corrected chi connectivity index (χ0v) is 11.3. The number of furan rings is 1. The van der Waals surface area contributed by atoms with Gasteiger partial charge in [-0.15, -0.1) is 11.3 Å². The van der Waals surface area contributed by atoms with Crippen LogP contribution in [0.4, 0.5) is 0 Å². The number of fused-ring (bicyclic) bond motifs is 1. The van der Waals surface area contributed by atoms with Crippen LogP contribution >= 0.6 is 34.5 Å². The molecule has 1 aromatic carbocycles. The van der Waals surface area contributed by atoms with Crippen molar-refractivity contribution in [3.05, 3.63) is 56.4 Å². The second kappa shape index (κ2) is 4.43. The van der Waals surface area contributed by atoms with Crippen LogP contribution in [-0.2, 0) is 0 Å². The summed E-state index contributed by atoms with van der Waals surface area (Å²) in [5.74, 6) is 0.0815. The van der Waals surface area contributed by atoms with Crippen LogP contribution in [0.5, 0.6) is 0 Å². The van der Waals surface area contributed by atoms with Gasteiger partial charge in [-0.05, 0) is 18.2 Å². The molecule has 0 aliphatic heterocycles. The van der Waals surface area contributed by atoms with Crippen LogP contribution in [0.15, 0.2) is 40.1 Å². The Morgan fingerprint density at radius 1 is 1.22 bits per heavy atom. The van der Waals surface area contributed by atoms with Crippen molar-refractivity contribution < 1.29 is 9.21 Å². The third kappa shape index (κ3) is 1.94. The first-order chi connectivity index (χ1) is 8.65. The van der Waals surface area contributed by atoms with Gasteiger partial charge in [0.25, 0.3) is 0 Å². The Hall–Kier alpha value is -1.29. The van der Waals surface area contributed by atoms with Crippen LogP contribution in [0, 0.1) is 0 Å². The van der Waals surface area contributed by atoms with Crippen LogP contribution in [0.3, 0.4) is 0 Å². The third-order valence-corrected chi connectivity index (χ3v) is 3.94. The van der Waals surface area contributed by atoms with Gasteiger partial charge in [0.2, 0.25) is 5.78 Å². The lowest BCUT2D eigenvalue weighted by atomic mass is 10.1. The van der Waals surface area contributed by atoms with Gasteiger partial charge < -0.3 is 4.42 Å². The van der Waals surface area contributed by atoms with Gasteiger partial charge in [-0.3, -0.25) is 4.79 Å². The summed E-state index contributed by atoms with van der Waals surface area (Å²) in [6, 6.07) is 8.71. The smallest absolute Gasteiger partial charge is 0.229 e. The quantitative estimate of drug-likeness (QED) is 0.621. The number of carbonyl (C=O) groups excluding carboxylic acids is 1. The summed E-state index contributed by atoms with van der Waals surface area (Å²) in [4.78, 5) is 12.2. The van der Waals surface area contributed by atoms with E-state index in [1.54, 1.807) is 23.6 Å². The Morgan fingerprint density at radius 2 is 2.06 bits per heavy atom. The number of hydrogen-bond donors (Lipinski definition) is 0. The van der Waals surface area contributed by atoms with E-state index in [9.17, 15) is 4.79 Å². The molecular formula is C13H6Cl2O2S. The van der Waals surface area contributed by atoms with Crippen LogP contribution in [-0.4, -0.2) is 5.78 Å². The molecule has 0 atom stereocenters. The zero-order valence-electron chi connectivity index (χ0n) is 8.94. The highest BCUT2D eigenvalue weighted by atomic mass is 35.5. The normalized spacial score (nSPS) is 11.0. The summed E-state index contributed by atoms with van der Waals surface area (Å²) in [7, 11) is 0. The molecule has 0 saturated carbocycles. The van der Waals surface area contributed by atoms with Crippen molar-refractivity contribution in [3.8, 4) is 0 Å². The van der Waals surface area contributed by atoms with Gasteiger partial charge in [0.05, 0.1) is 9.36 Å². The predicted octanol–water partition coefficient (Wildman–Crippen LogP) is 5.03. The largest absolute Gasteiger partial charge is 0.451 e. The van der Waals surface area contributed by atoms with E-state index in [2.05, 4.69) is 0 Å². The molecule has 0 radical (unpaired) electrons. The Labute approximate surface area is 117 Å². The van der Waals surface area contributed by atoms with Gasteiger partial charge in [-0.1, -0.05) is 35.3 Å². The number of benzene rings is 1. The minimum atomic E-state index is -0.189. The van der Waals surface area contributed by atoms with Gasteiger partial charge >= 0.3 is 0 Å². The molecule has 2 nitrogen and oxygen atoms in total. The van der Waals surface area contributed by atoms with Crippen molar-refractivity contribution >= 4 is 51.3 Å². The Morgan fingerprint density at radius 3 is 2.72 bits per heavy atom. The fourth-order valence-corrected chi connectivity index (χ4v) is 2.79. The van der Waals surface area contributed by atoms with Crippen LogP contribution in [0.2, 0.25) is 9.36 Å². The van der Waals surface area contributed by atoms with Crippen LogP contribution in [0.1, 0.15) is 16.1 Å². The molecule has 0 aliphatic carbocycles. The minimum Gasteiger partial charge on any atom is -0.451 e. The Kier molecular flexibility index (Phi) is 2.90. The number of rotatable bonds is 2. The topological polar surface area (TPSA) is 30.2 Å². The number of hydrogen-bond acceptors (Lipinski definition) is 3. The van der Waals surface area contributed by atoms with E-state index in [1.807, 2.05) is 12.1 Å². The minimum absolute atomic E-state index is 0.189. The summed E-state index contributed by atoms with van der Waals surface area (Å²) in [5, 5.41) is 3.02. The number of thiophene rings is 1. The molecule has 0 unspecified atom stereocenters. The molecule has 2 aromatic heterocycles. The average molecular weight is 297 g/mol. The Bertz CT molecular complexity index is 742. The highest BCUT2D eigenvalue weighted by molar-refractivity contribution is 7.14. The molecule has 0 bridgehead atoms. The highest BCUT2D eigenvalue weighted by Gasteiger charge is 2.16. The SMILES string of the molecule is O=C(c1csc(Cl)c1)c1cc2cccc(Cl)c2o1. The standard InChI is InChI=1S/C13H6Cl2O2S/c14-9-3-1-2-7-4-10(17-13(7)9)12(16)8-5-11(15)18-6-8/h1-6H. The van der Waals surface area contributed by atoms with E-state index in [0.29, 0.717) is 20.5 Å². The van der Waals surface area contributed by atoms with Crippen molar-refractivity contribution in [2.45, 2.75) is 0 Å². The van der Waals surface area contributed by atoms with E-state index in [1.165, 1.54) is 11.3 Å². The summed E-state index contributed by atoms with van der Waals surface area (Å²) in [6.07, 6.45) is 0. The summed E-state index contributed by atoms with van der Waals surface area (Å²) < 4.78 is 6.08. The molecular weight excluding hydrogens is 291 g/mol. The molecule has 18 heavy (non-hydrogen) atoms. The summed E-state index contributed by atoms with van der Waals surface area (Å²) in [5.41, 5.74) is 1.06. The molecule has 0 amide bonds. The monoisotopic (exact) mass is 296 g/mol. The fraction of sp³-hybridized carbons (Fsp3) is 0. The molecule has 0 fully saturated rings. The summed E-state index contributed by atoms with van der Waals surface area (Å²) >= 11 is 13.1. The van der Waals surface area contributed by atoms with E-state index >= 15 is 0 Å². The number of ketones is 1. The maximum Gasteiger partial charge on any atom is 0.229 e. The zero-order chi connectivity index (χ0) is 12.7. The maximum atomic E-state index is 12.2. The fourth-order valence-electron chi connectivity index (χ4n) is 1.71. The van der Waals surface area contributed by atoms with Crippen LogP contribution in [0.25, 0.3) is 11.0 Å². The Balaban J connectivity index is 2.10. The predicted molar refractivity (Wildman–Crippen MR) is 74.0 cm³/mol. The molecule has 3 rings (SSSR count). The van der Waals surface area contributed by atoms with Gasteiger partial charge in [0, 0.05) is 16.3 Å². The molecule has 0 N–H and O–H groups in total. The molecule has 0 saturated heterocycles. The van der Waals surface area contributed by atoms with E-state index in [-0.39, 0.29) is 11.5 Å². The molecule has 2 heterocycles. The first-order valence-corrected chi connectivity index (χ1v) is 6.75. The van der Waals surface area contributed by atoms with Crippen molar-refractivity contribution in [1.82, 2.24) is 0 Å². The molecule has 5 heteroatoms. The third-order valence-electron chi connectivity index (χ3n) is 2.55. The van der Waals surface area contributed by atoms with E-state index in [0.717, 1.165) is 5.39 Å². The number of para-hydroxylation sites is 1. The first-order valence-electron chi connectivity index (χ1n) is 5.12. The maximum absolute atomic E-state index is 12.2. The average Bonchev–Trinajstić information content (AvgIpc) is 2.95. The van der Waals surface area contributed by atoms with Crippen molar-refractivity contribution in [2.75, 3.05) is 0 Å². The second-order valence-electron chi connectivity index (χ2n) is 3.74. The van der Waals surface area contributed by atoms with E-state index < -0.39 is 0 Å². The van der Waals surface area contributed by atoms with Crippen molar-refractivity contribution in [2.24, 2.45) is 0 Å². The van der Waals surface area contributed by atoms with E-state index in [4.69, 9.17) is 27.6 Å². The molecule has 3 aromatic rings. The highest BCUT2D eigenvalue weighted by Crippen LogP contribution is 2.29. The lowest BCUT2D eigenvalue weighted by Gasteiger charge is -1.92. The van der Waals surface area contributed by atoms with Crippen molar-refractivity contribution in [1.29, 1.82) is 0 Å². The van der Waals surface area contributed by atoms with Crippen LogP contribution < -0.4 is 0 Å². The lowest BCUT2D eigenvalue weighted by molar-refractivity contribution is 0.101. The number of carbonyl (C=O) groups is 1. The van der Waals surface area contributed by atoms with Gasteiger partial charge in [-0.2, -0.15) is 0 Å². The van der Waals surface area contributed by atoms with Crippen molar-refractivity contribution in [3.63, 3.8) is 0 Å². The summed E-state index contributed by atoms with van der Waals surface area (Å²) in [6.45, 7) is 0. The molecule has 0 spiro atoms. The van der Waals surface area contributed by atoms with Gasteiger partial charge in [0.15, 0.2) is 11.3 Å². The van der Waals surface area contributed by atoms with Gasteiger partial charge in [0.1, 0.15) is 0 Å². The van der Waals surface area contributed by atoms with Gasteiger partial charge in [-0.25, -0.2) is 0 Å². The first kappa shape index (κ1) is 11.8. The second-order valence-corrected chi connectivity index (χ2v) is 5.69. The number of halogens is 2.